The maximum Gasteiger partial charge on any atom is 0.416 e. The number of nitrogens with zero attached hydrogens (tertiary/aromatic N) is 2. The Kier molecular flexibility index (Phi) is 8.09. The number of carbonyl (C=O) groups is 2. The lowest BCUT2D eigenvalue weighted by molar-refractivity contribution is -0.137. The number of para-hydroxylation sites is 1. The molecule has 1 atom stereocenters. The predicted molar refractivity (Wildman–Crippen MR) is 147 cm³/mol. The molecule has 0 aliphatic carbocycles. The van der Waals surface area contributed by atoms with E-state index in [2.05, 4.69) is 5.32 Å². The Bertz CT molecular complexity index is 1550. The number of benzene rings is 3. The standard InChI is InChI=1S/C29H23ClF3N3O2S/c1-16-8-10-21(12-18(16)3)36-27(38)25(14-19-13-20(29(31,32)33)9-11-23(19)30)39-28(36)22(15-34)26(37)35-24-7-5-4-6-17(24)2/h4-13,25H,14H2,1-3H3,(H,35,37)/b28-22-. The molecule has 1 unspecified atom stereocenters. The van der Waals surface area contributed by atoms with Gasteiger partial charge in [0, 0.05) is 16.4 Å². The molecule has 3 aromatic rings. The van der Waals surface area contributed by atoms with Gasteiger partial charge in [-0.3, -0.25) is 14.5 Å². The fourth-order valence-electron chi connectivity index (χ4n) is 4.09. The molecule has 0 spiro atoms. The van der Waals surface area contributed by atoms with Crippen molar-refractivity contribution in [3.05, 3.63) is 104 Å². The molecule has 1 saturated heterocycles. The summed E-state index contributed by atoms with van der Waals surface area (Å²) in [6, 6.07) is 17.2. The average Bonchev–Trinajstić information content (AvgIpc) is 3.18. The van der Waals surface area contributed by atoms with E-state index in [1.807, 2.05) is 32.0 Å². The molecule has 0 bridgehead atoms. The van der Waals surface area contributed by atoms with Crippen molar-refractivity contribution in [1.82, 2.24) is 0 Å². The summed E-state index contributed by atoms with van der Waals surface area (Å²) in [5.74, 6) is -1.17. The number of hydrogen-bond acceptors (Lipinski definition) is 4. The third kappa shape index (κ3) is 5.97. The summed E-state index contributed by atoms with van der Waals surface area (Å²) in [6.07, 6.45) is -4.71. The maximum absolute atomic E-state index is 13.7. The van der Waals surface area contributed by atoms with Crippen LogP contribution < -0.4 is 10.2 Å². The van der Waals surface area contributed by atoms with Crippen LogP contribution in [0.25, 0.3) is 0 Å². The number of nitriles is 1. The van der Waals surface area contributed by atoms with Crippen LogP contribution in [0, 0.1) is 32.1 Å². The molecule has 200 valence electrons. The zero-order chi connectivity index (χ0) is 28.5. The Morgan fingerprint density at radius 2 is 1.77 bits per heavy atom. The Balaban J connectivity index is 1.78. The van der Waals surface area contributed by atoms with Gasteiger partial charge in [-0.15, -0.1) is 0 Å². The fourth-order valence-corrected chi connectivity index (χ4v) is 5.58. The van der Waals surface area contributed by atoms with E-state index < -0.39 is 28.8 Å². The van der Waals surface area contributed by atoms with Crippen LogP contribution in [-0.4, -0.2) is 17.1 Å². The largest absolute Gasteiger partial charge is 0.416 e. The first kappa shape index (κ1) is 28.3. The van der Waals surface area contributed by atoms with Crippen molar-refractivity contribution < 1.29 is 22.8 Å². The van der Waals surface area contributed by atoms with Crippen molar-refractivity contribution in [2.24, 2.45) is 0 Å². The molecule has 1 aliphatic rings. The lowest BCUT2D eigenvalue weighted by Crippen LogP contribution is -2.31. The summed E-state index contributed by atoms with van der Waals surface area (Å²) in [6.45, 7) is 5.58. The number of anilines is 2. The highest BCUT2D eigenvalue weighted by molar-refractivity contribution is 8.05. The van der Waals surface area contributed by atoms with Crippen LogP contribution in [0.5, 0.6) is 0 Å². The predicted octanol–water partition coefficient (Wildman–Crippen LogP) is 7.35. The first-order chi connectivity index (χ1) is 18.4. The molecule has 0 aromatic heterocycles. The van der Waals surface area contributed by atoms with Crippen LogP contribution in [0.4, 0.5) is 24.5 Å². The highest BCUT2D eigenvalue weighted by Gasteiger charge is 2.41. The average molecular weight is 570 g/mol. The monoisotopic (exact) mass is 569 g/mol. The van der Waals surface area contributed by atoms with Gasteiger partial charge in [-0.25, -0.2) is 0 Å². The van der Waals surface area contributed by atoms with E-state index in [0.29, 0.717) is 11.4 Å². The van der Waals surface area contributed by atoms with Crippen LogP contribution in [0.3, 0.4) is 0 Å². The van der Waals surface area contributed by atoms with E-state index in [1.54, 1.807) is 37.3 Å². The second kappa shape index (κ2) is 11.2. The topological polar surface area (TPSA) is 73.2 Å². The minimum absolute atomic E-state index is 0.0874. The van der Waals surface area contributed by atoms with E-state index in [4.69, 9.17) is 11.6 Å². The van der Waals surface area contributed by atoms with Gasteiger partial charge >= 0.3 is 6.18 Å². The zero-order valence-electron chi connectivity index (χ0n) is 21.2. The van der Waals surface area contributed by atoms with Gasteiger partial charge in [0.25, 0.3) is 5.91 Å². The van der Waals surface area contributed by atoms with E-state index in [0.717, 1.165) is 46.7 Å². The van der Waals surface area contributed by atoms with E-state index in [1.165, 1.54) is 4.90 Å². The van der Waals surface area contributed by atoms with E-state index in [-0.39, 0.29) is 27.6 Å². The fraction of sp³-hybridized carbons (Fsp3) is 0.207. The van der Waals surface area contributed by atoms with Gasteiger partial charge in [-0.1, -0.05) is 47.6 Å². The summed E-state index contributed by atoms with van der Waals surface area (Å²) in [5, 5.41) is 12.0. The van der Waals surface area contributed by atoms with Crippen LogP contribution in [0.1, 0.15) is 27.8 Å². The molecule has 4 rings (SSSR count). The van der Waals surface area contributed by atoms with Gasteiger partial charge in [0.05, 0.1) is 10.8 Å². The molecule has 0 radical (unpaired) electrons. The van der Waals surface area contributed by atoms with Crippen LogP contribution >= 0.6 is 23.4 Å². The molecular weight excluding hydrogens is 547 g/mol. The number of rotatable bonds is 5. The highest BCUT2D eigenvalue weighted by atomic mass is 35.5. The SMILES string of the molecule is Cc1ccc(N2C(=O)C(Cc3cc(C(F)(F)F)ccc3Cl)S/C2=C(/C#N)C(=O)Nc2ccccc2C)cc1C. The second-order valence-corrected chi connectivity index (χ2v) is 10.7. The number of alkyl halides is 3. The number of aryl methyl sites for hydroxylation is 3. The van der Waals surface area contributed by atoms with Crippen molar-refractivity contribution >= 4 is 46.6 Å². The number of thioether (sulfide) groups is 1. The maximum atomic E-state index is 13.7. The van der Waals surface area contributed by atoms with Crippen LogP contribution in [0.15, 0.2) is 71.3 Å². The third-order valence-corrected chi connectivity index (χ3v) is 8.06. The lowest BCUT2D eigenvalue weighted by Gasteiger charge is -2.20. The molecule has 10 heteroatoms. The van der Waals surface area contributed by atoms with E-state index >= 15 is 0 Å². The minimum atomic E-state index is -4.58. The van der Waals surface area contributed by atoms with Crippen LogP contribution in [-0.2, 0) is 22.2 Å². The smallest absolute Gasteiger partial charge is 0.321 e. The van der Waals surface area contributed by atoms with Crippen molar-refractivity contribution in [3.8, 4) is 6.07 Å². The lowest BCUT2D eigenvalue weighted by atomic mass is 10.0. The van der Waals surface area contributed by atoms with Crippen molar-refractivity contribution in [1.29, 1.82) is 5.26 Å². The summed E-state index contributed by atoms with van der Waals surface area (Å²) < 4.78 is 40.0. The van der Waals surface area contributed by atoms with Gasteiger partial charge in [0.1, 0.15) is 16.7 Å². The number of carbonyl (C=O) groups excluding carboxylic acids is 2. The first-order valence-electron chi connectivity index (χ1n) is 11.9. The summed E-state index contributed by atoms with van der Waals surface area (Å²) in [4.78, 5) is 28.3. The quantitative estimate of drug-likeness (QED) is 0.257. The normalized spacial score (nSPS) is 16.7. The van der Waals surface area contributed by atoms with Crippen molar-refractivity contribution in [2.75, 3.05) is 10.2 Å². The summed E-state index contributed by atoms with van der Waals surface area (Å²) in [5.41, 5.74) is 2.58. The minimum Gasteiger partial charge on any atom is -0.321 e. The van der Waals surface area contributed by atoms with Gasteiger partial charge in [-0.2, -0.15) is 18.4 Å². The number of nitrogens with one attached hydrogen (secondary N) is 1. The zero-order valence-corrected chi connectivity index (χ0v) is 22.8. The molecule has 2 amide bonds. The number of halogens is 4. The molecular formula is C29H23ClF3N3O2S. The van der Waals surface area contributed by atoms with Gasteiger partial charge in [0.2, 0.25) is 5.91 Å². The van der Waals surface area contributed by atoms with Gasteiger partial charge in [-0.05, 0) is 85.8 Å². The molecule has 39 heavy (non-hydrogen) atoms. The molecule has 1 heterocycles. The Morgan fingerprint density at radius 1 is 1.05 bits per heavy atom. The molecule has 3 aromatic carbocycles. The van der Waals surface area contributed by atoms with E-state index in [9.17, 15) is 28.0 Å². The molecule has 0 saturated carbocycles. The van der Waals surface area contributed by atoms with Crippen molar-refractivity contribution in [2.45, 2.75) is 38.6 Å². The van der Waals surface area contributed by atoms with Gasteiger partial charge in [0.15, 0.2) is 0 Å². The second-order valence-electron chi connectivity index (χ2n) is 9.12. The molecule has 1 fully saturated rings. The summed E-state index contributed by atoms with van der Waals surface area (Å²) in [7, 11) is 0. The number of amides is 2. The highest BCUT2D eigenvalue weighted by Crippen LogP contribution is 2.43. The Labute approximate surface area is 233 Å². The summed E-state index contributed by atoms with van der Waals surface area (Å²) >= 11 is 7.17. The van der Waals surface area contributed by atoms with Crippen molar-refractivity contribution in [3.63, 3.8) is 0 Å². The Hall–Kier alpha value is -3.74. The first-order valence-corrected chi connectivity index (χ1v) is 13.1. The molecule has 1 N–H and O–H groups in total. The molecule has 5 nitrogen and oxygen atoms in total. The van der Waals surface area contributed by atoms with Gasteiger partial charge < -0.3 is 5.32 Å². The third-order valence-electron chi connectivity index (χ3n) is 6.43. The Morgan fingerprint density at radius 3 is 2.41 bits per heavy atom. The number of hydrogen-bond donors (Lipinski definition) is 1. The molecule has 1 aliphatic heterocycles. The van der Waals surface area contributed by atoms with Crippen LogP contribution in [0.2, 0.25) is 5.02 Å².